The van der Waals surface area contributed by atoms with Gasteiger partial charge in [-0.15, -0.1) is 0 Å². The second-order valence-electron chi connectivity index (χ2n) is 11.1. The number of hydrogen-bond donors (Lipinski definition) is 2. The van der Waals surface area contributed by atoms with E-state index < -0.39 is 46.6 Å². The molecule has 3 atom stereocenters. The van der Waals surface area contributed by atoms with Crippen molar-refractivity contribution in [1.82, 2.24) is 9.88 Å². The fourth-order valence-electron chi connectivity index (χ4n) is 4.60. The lowest BCUT2D eigenvalue weighted by Crippen LogP contribution is -2.46. The molecule has 13 heteroatoms. The lowest BCUT2D eigenvalue weighted by Gasteiger charge is -2.33. The number of fused-ring (bicyclic) bond motifs is 1. The Labute approximate surface area is 257 Å². The number of aliphatic hydroxyl groups is 2. The zero-order valence-corrected chi connectivity index (χ0v) is 25.2. The largest absolute Gasteiger partial charge is 0.755 e. The molecule has 1 aromatic heterocycles. The first-order valence-corrected chi connectivity index (χ1v) is 14.8. The minimum absolute atomic E-state index is 0.184. The summed E-state index contributed by atoms with van der Waals surface area (Å²) in [6.07, 6.45) is -0.646. The highest BCUT2D eigenvalue weighted by molar-refractivity contribution is 7.80. The van der Waals surface area contributed by atoms with Crippen LogP contribution in [0, 0.1) is 10.1 Å². The quantitative estimate of drug-likeness (QED) is 0.136. The number of nitro benzene ring substituents is 1. The fourth-order valence-corrected chi connectivity index (χ4v) is 5.15. The van der Waals surface area contributed by atoms with Crippen molar-refractivity contribution >= 4 is 39.5 Å². The van der Waals surface area contributed by atoms with Gasteiger partial charge in [0.2, 0.25) is 0 Å². The smallest absolute Gasteiger partial charge is 0.410 e. The van der Waals surface area contributed by atoms with Crippen molar-refractivity contribution in [2.45, 2.75) is 38.6 Å². The molecular weight excluding hydrogens is 588 g/mol. The molecule has 2 N–H and O–H groups in total. The number of amides is 1. The maximum atomic E-state index is 13.2. The Morgan fingerprint density at radius 2 is 1.70 bits per heavy atom. The molecule has 0 aliphatic rings. The third-order valence-electron chi connectivity index (χ3n) is 6.73. The highest BCUT2D eigenvalue weighted by Crippen LogP contribution is 2.33. The molecular formula is C31H33N4O8S-. The van der Waals surface area contributed by atoms with E-state index in [0.29, 0.717) is 16.5 Å². The molecule has 4 aromatic rings. The molecule has 1 heterocycles. The number of nitrogens with zero attached hydrogens (tertiary/aromatic N) is 4. The fraction of sp³-hybridized carbons (Fsp3) is 0.290. The number of hydrogen-bond acceptors (Lipinski definition) is 9. The molecule has 1 amide bonds. The Morgan fingerprint density at radius 3 is 2.32 bits per heavy atom. The molecule has 3 aromatic carbocycles. The Morgan fingerprint density at radius 1 is 1.02 bits per heavy atom. The molecule has 0 saturated carbocycles. The first kappa shape index (κ1) is 32.5. The molecule has 0 fully saturated rings. The van der Waals surface area contributed by atoms with Gasteiger partial charge in [-0.2, -0.15) is 0 Å². The van der Waals surface area contributed by atoms with Gasteiger partial charge in [0.1, 0.15) is 17.8 Å². The number of rotatable bonds is 11. The first-order chi connectivity index (χ1) is 20.8. The average molecular weight is 622 g/mol. The van der Waals surface area contributed by atoms with Crippen LogP contribution in [0.1, 0.15) is 32.4 Å². The summed E-state index contributed by atoms with van der Waals surface area (Å²) in [4.78, 5) is 28.9. The van der Waals surface area contributed by atoms with Gasteiger partial charge < -0.3 is 28.7 Å². The first-order valence-electron chi connectivity index (χ1n) is 13.7. The SMILES string of the molecule is CC(C)(C)OC(=O)N(CCN(c1cc(-c2ccccc2)cc2cnccc12)S(=O)[O-])CC(O)C(O)c1ccc([N+](=O)[O-])cc1. The van der Waals surface area contributed by atoms with E-state index in [0.717, 1.165) is 20.3 Å². The highest BCUT2D eigenvalue weighted by atomic mass is 32.2. The molecule has 12 nitrogen and oxygen atoms in total. The molecule has 4 rings (SSSR count). The second-order valence-corrected chi connectivity index (χ2v) is 11.9. The number of aliphatic hydroxyl groups excluding tert-OH is 2. The summed E-state index contributed by atoms with van der Waals surface area (Å²) < 4.78 is 31.9. The number of ether oxygens (including phenoxy) is 1. The van der Waals surface area contributed by atoms with Gasteiger partial charge in [0.05, 0.1) is 17.2 Å². The van der Waals surface area contributed by atoms with Crippen LogP contribution in [0.15, 0.2) is 85.2 Å². The number of carbonyl (C=O) groups is 1. The summed E-state index contributed by atoms with van der Waals surface area (Å²) in [5, 5.41) is 34.0. The maximum absolute atomic E-state index is 13.2. The van der Waals surface area contributed by atoms with Crippen molar-refractivity contribution in [3.8, 4) is 11.1 Å². The van der Waals surface area contributed by atoms with Crippen molar-refractivity contribution in [2.75, 3.05) is 23.9 Å². The molecule has 3 unspecified atom stereocenters. The van der Waals surface area contributed by atoms with Crippen molar-refractivity contribution in [3.05, 3.63) is 101 Å². The number of aromatic nitrogens is 1. The summed E-state index contributed by atoms with van der Waals surface area (Å²) >= 11 is -2.76. The summed E-state index contributed by atoms with van der Waals surface area (Å²) in [5.74, 6) is 0. The molecule has 0 spiro atoms. The van der Waals surface area contributed by atoms with Gasteiger partial charge in [-0.3, -0.25) is 19.3 Å². The molecule has 0 aliphatic carbocycles. The van der Waals surface area contributed by atoms with Gasteiger partial charge in [-0.05, 0) is 67.8 Å². The van der Waals surface area contributed by atoms with Crippen LogP contribution >= 0.6 is 0 Å². The Hall–Kier alpha value is -4.43. The van der Waals surface area contributed by atoms with Crippen molar-refractivity contribution < 1.29 is 33.4 Å². The van der Waals surface area contributed by atoms with E-state index in [9.17, 15) is 33.9 Å². The van der Waals surface area contributed by atoms with E-state index in [1.54, 1.807) is 45.3 Å². The number of nitro groups is 1. The van der Waals surface area contributed by atoms with E-state index in [4.69, 9.17) is 4.74 Å². The Kier molecular flexibility index (Phi) is 10.3. The number of pyridine rings is 1. The zero-order valence-electron chi connectivity index (χ0n) is 24.4. The topological polar surface area (TPSA) is 169 Å². The number of benzene rings is 3. The van der Waals surface area contributed by atoms with Crippen LogP contribution in [-0.2, 0) is 16.0 Å². The summed E-state index contributed by atoms with van der Waals surface area (Å²) in [6, 6.07) is 19.8. The van der Waals surface area contributed by atoms with Crippen molar-refractivity contribution in [3.63, 3.8) is 0 Å². The van der Waals surface area contributed by atoms with Crippen LogP contribution in [0.25, 0.3) is 21.9 Å². The summed E-state index contributed by atoms with van der Waals surface area (Å²) in [5.41, 5.74) is 1.12. The molecule has 0 radical (unpaired) electrons. The molecule has 0 bridgehead atoms. The number of anilines is 1. The lowest BCUT2D eigenvalue weighted by molar-refractivity contribution is -0.384. The predicted octanol–water partition coefficient (Wildman–Crippen LogP) is 4.74. The molecule has 0 saturated heterocycles. The average Bonchev–Trinajstić information content (AvgIpc) is 2.99. The molecule has 0 aliphatic heterocycles. The van der Waals surface area contributed by atoms with Crippen LogP contribution < -0.4 is 4.31 Å². The Bertz CT molecular complexity index is 1630. The van der Waals surface area contributed by atoms with Crippen molar-refractivity contribution in [2.24, 2.45) is 0 Å². The van der Waals surface area contributed by atoms with Gasteiger partial charge in [0.15, 0.2) is 0 Å². The van der Waals surface area contributed by atoms with E-state index in [2.05, 4.69) is 4.98 Å². The predicted molar refractivity (Wildman–Crippen MR) is 165 cm³/mol. The van der Waals surface area contributed by atoms with E-state index in [-0.39, 0.29) is 24.3 Å². The number of carbonyl (C=O) groups excluding carboxylic acids is 1. The van der Waals surface area contributed by atoms with Crippen LogP contribution in [0.5, 0.6) is 0 Å². The van der Waals surface area contributed by atoms with Gasteiger partial charge in [0, 0.05) is 59.7 Å². The minimum atomic E-state index is -2.76. The standard InChI is InChI=1S/C31H34N4O8S/c1-31(2,3)43-30(38)33(20-28(36)29(37)22-9-11-25(12-10-22)35(39)40)15-16-34(44(41)42)27-18-23(21-7-5-4-6-8-21)17-24-19-32-14-13-26(24)27/h4-14,17-19,28-29,36-37H,15-16,20H2,1-3H3,(H,41,42)/p-1. The summed E-state index contributed by atoms with van der Waals surface area (Å²) in [7, 11) is 0. The zero-order chi connectivity index (χ0) is 32.0. The van der Waals surface area contributed by atoms with Crippen LogP contribution in [0.4, 0.5) is 16.2 Å². The van der Waals surface area contributed by atoms with Crippen LogP contribution in [0.2, 0.25) is 0 Å². The van der Waals surface area contributed by atoms with Crippen LogP contribution in [-0.4, -0.2) is 71.2 Å². The third-order valence-corrected chi connectivity index (χ3v) is 7.47. The van der Waals surface area contributed by atoms with Gasteiger partial charge in [0.25, 0.3) is 5.69 Å². The van der Waals surface area contributed by atoms with E-state index in [1.807, 2.05) is 36.4 Å². The van der Waals surface area contributed by atoms with Crippen molar-refractivity contribution in [1.29, 1.82) is 0 Å². The maximum Gasteiger partial charge on any atom is 0.410 e. The lowest BCUT2D eigenvalue weighted by atomic mass is 10.0. The van der Waals surface area contributed by atoms with E-state index >= 15 is 0 Å². The van der Waals surface area contributed by atoms with Gasteiger partial charge in [-0.1, -0.05) is 30.3 Å². The molecule has 232 valence electrons. The Balaban J connectivity index is 1.63. The van der Waals surface area contributed by atoms with Crippen LogP contribution in [0.3, 0.4) is 0 Å². The third kappa shape index (κ3) is 8.14. The minimum Gasteiger partial charge on any atom is -0.755 e. The normalized spacial score (nSPS) is 13.6. The number of non-ortho nitro benzene ring substituents is 1. The summed E-state index contributed by atoms with van der Waals surface area (Å²) in [6.45, 7) is 4.18. The molecule has 44 heavy (non-hydrogen) atoms. The second kappa shape index (κ2) is 13.9. The van der Waals surface area contributed by atoms with Gasteiger partial charge in [-0.25, -0.2) is 4.79 Å². The monoisotopic (exact) mass is 621 g/mol. The van der Waals surface area contributed by atoms with E-state index in [1.165, 1.54) is 24.3 Å². The van der Waals surface area contributed by atoms with Gasteiger partial charge >= 0.3 is 6.09 Å². The highest BCUT2D eigenvalue weighted by Gasteiger charge is 2.29.